The number of nitrogens with zero attached hydrogens (tertiary/aromatic N) is 3. The van der Waals surface area contributed by atoms with Crippen molar-refractivity contribution in [3.05, 3.63) is 35.9 Å². The summed E-state index contributed by atoms with van der Waals surface area (Å²) in [6.45, 7) is 1.83. The zero-order valence-corrected chi connectivity index (χ0v) is 19.6. The fourth-order valence-corrected chi connectivity index (χ4v) is 3.32. The number of hydrogen-bond acceptors (Lipinski definition) is 8. The number of aromatic nitrogens is 2. The van der Waals surface area contributed by atoms with E-state index in [1.807, 2.05) is 6.92 Å². The molecule has 1 aromatic heterocycles. The van der Waals surface area contributed by atoms with E-state index in [4.69, 9.17) is 9.47 Å². The van der Waals surface area contributed by atoms with Crippen molar-refractivity contribution in [2.45, 2.75) is 32.6 Å². The Morgan fingerprint density at radius 3 is 2.62 bits per heavy atom. The summed E-state index contributed by atoms with van der Waals surface area (Å²) in [7, 11) is 2.95. The summed E-state index contributed by atoms with van der Waals surface area (Å²) in [5, 5.41) is 23.1. The number of methoxy groups -OCH3 is 2. The number of nitrogens with one attached hydrogen (secondary N) is 2. The Bertz CT molecular complexity index is 971. The molecule has 11 heteroatoms. The zero-order valence-electron chi connectivity index (χ0n) is 19.6. The van der Waals surface area contributed by atoms with Crippen LogP contribution in [-0.4, -0.2) is 66.1 Å². The maximum absolute atomic E-state index is 12.7. The number of carbonyl (C=O) groups excluding carboxylic acids is 3. The summed E-state index contributed by atoms with van der Waals surface area (Å²) in [4.78, 5) is 35.9. The van der Waals surface area contributed by atoms with E-state index >= 15 is 0 Å². The van der Waals surface area contributed by atoms with Crippen LogP contribution in [-0.2, 0) is 9.59 Å². The fraction of sp³-hybridized carbons (Fsp3) is 0.435. The highest BCUT2D eigenvalue weighted by atomic mass is 16.5. The number of amides is 3. The highest BCUT2D eigenvalue weighted by Crippen LogP contribution is 2.30. The highest BCUT2D eigenvalue weighted by Gasteiger charge is 2.20. The quantitative estimate of drug-likeness (QED) is 0.124. The van der Waals surface area contributed by atoms with Crippen LogP contribution in [0.2, 0.25) is 0 Å². The van der Waals surface area contributed by atoms with Gasteiger partial charge in [0.25, 0.3) is 5.91 Å². The van der Waals surface area contributed by atoms with Crippen LogP contribution in [0.15, 0.2) is 30.3 Å². The largest absolute Gasteiger partial charge is 0.480 e. The van der Waals surface area contributed by atoms with Crippen LogP contribution in [0, 0.1) is 5.92 Å². The van der Waals surface area contributed by atoms with Crippen molar-refractivity contribution in [3.8, 4) is 22.9 Å². The fourth-order valence-electron chi connectivity index (χ4n) is 3.32. The summed E-state index contributed by atoms with van der Waals surface area (Å²) in [6, 6.07) is 8.48. The van der Waals surface area contributed by atoms with Gasteiger partial charge in [-0.15, -0.1) is 10.2 Å². The summed E-state index contributed by atoms with van der Waals surface area (Å²) < 4.78 is 10.4. The third kappa shape index (κ3) is 7.69. The van der Waals surface area contributed by atoms with E-state index in [1.54, 1.807) is 30.3 Å². The monoisotopic (exact) mass is 473 g/mol. The first-order valence-electron chi connectivity index (χ1n) is 11.0. The van der Waals surface area contributed by atoms with Gasteiger partial charge in [0.2, 0.25) is 24.1 Å². The number of benzene rings is 1. The summed E-state index contributed by atoms with van der Waals surface area (Å²) in [6.07, 6.45) is 3.49. The molecule has 1 aromatic carbocycles. The molecule has 1 heterocycles. The molecule has 0 saturated carbocycles. The molecule has 34 heavy (non-hydrogen) atoms. The molecule has 0 bridgehead atoms. The third-order valence-electron chi connectivity index (χ3n) is 5.14. The molecule has 1 atom stereocenters. The number of rotatable bonds is 14. The zero-order chi connectivity index (χ0) is 24.9. The molecular formula is C23H31N5O6. The Labute approximate surface area is 198 Å². The molecule has 2 rings (SSSR count). The average molecular weight is 474 g/mol. The van der Waals surface area contributed by atoms with Crippen LogP contribution < -0.4 is 20.1 Å². The summed E-state index contributed by atoms with van der Waals surface area (Å²) >= 11 is 0. The Hall–Kier alpha value is -3.73. The van der Waals surface area contributed by atoms with Crippen LogP contribution in [0.5, 0.6) is 11.8 Å². The normalized spacial score (nSPS) is 11.3. The summed E-state index contributed by atoms with van der Waals surface area (Å²) in [5.74, 6) is -0.741. The van der Waals surface area contributed by atoms with Crippen LogP contribution in [0.3, 0.4) is 0 Å². The molecule has 0 unspecified atom stereocenters. The lowest BCUT2D eigenvalue weighted by Gasteiger charge is -2.19. The number of unbranched alkanes of at least 4 members (excludes halogenated alkanes) is 2. The first kappa shape index (κ1) is 26.5. The maximum Gasteiger partial charge on any atom is 0.252 e. The van der Waals surface area contributed by atoms with Gasteiger partial charge in [0.15, 0.2) is 0 Å². The lowest BCUT2D eigenvalue weighted by atomic mass is 10.0. The Morgan fingerprint density at radius 2 is 1.94 bits per heavy atom. The second-order valence-electron chi connectivity index (χ2n) is 7.53. The predicted octanol–water partition coefficient (Wildman–Crippen LogP) is 2.01. The van der Waals surface area contributed by atoms with E-state index in [0.29, 0.717) is 34.1 Å². The SMILES string of the molecule is CCCCC[C@H](CN(O)C=O)C(=O)NCNC(=O)c1cccc(-c2cc(OC)nnc2OC)c1. The van der Waals surface area contributed by atoms with Gasteiger partial charge < -0.3 is 20.1 Å². The van der Waals surface area contributed by atoms with Gasteiger partial charge in [0.05, 0.1) is 38.9 Å². The van der Waals surface area contributed by atoms with Gasteiger partial charge in [-0.3, -0.25) is 19.6 Å². The van der Waals surface area contributed by atoms with Gasteiger partial charge in [-0.25, -0.2) is 5.06 Å². The van der Waals surface area contributed by atoms with Gasteiger partial charge in [0.1, 0.15) is 0 Å². The van der Waals surface area contributed by atoms with Gasteiger partial charge in [0, 0.05) is 11.6 Å². The van der Waals surface area contributed by atoms with Crippen molar-refractivity contribution in [2.24, 2.45) is 5.92 Å². The number of ether oxygens (including phenoxy) is 2. The van der Waals surface area contributed by atoms with E-state index in [1.165, 1.54) is 14.2 Å². The van der Waals surface area contributed by atoms with Crippen molar-refractivity contribution in [1.29, 1.82) is 0 Å². The minimum Gasteiger partial charge on any atom is -0.480 e. The minimum absolute atomic E-state index is 0.105. The van der Waals surface area contributed by atoms with Crippen molar-refractivity contribution >= 4 is 18.2 Å². The molecule has 3 N–H and O–H groups in total. The maximum atomic E-state index is 12.7. The van der Waals surface area contributed by atoms with Gasteiger partial charge >= 0.3 is 0 Å². The van der Waals surface area contributed by atoms with E-state index in [2.05, 4.69) is 20.8 Å². The average Bonchev–Trinajstić information content (AvgIpc) is 2.87. The number of hydroxylamine groups is 2. The molecule has 0 saturated heterocycles. The molecule has 0 fully saturated rings. The van der Waals surface area contributed by atoms with Gasteiger partial charge in [-0.2, -0.15) is 0 Å². The standard InChI is InChI=1S/C23H31N5O6/c1-4-5-6-8-18(13-28(32)15-29)22(31)25-14-24-21(30)17-10-7-9-16(11-17)19-12-20(33-2)26-27-23(19)34-3/h7,9-12,15,18,32H,4-6,8,13-14H2,1-3H3,(H,24,30)(H,25,31)/t18-/m1/s1. The second-order valence-corrected chi connectivity index (χ2v) is 7.53. The van der Waals surface area contributed by atoms with Gasteiger partial charge in [-0.05, 0) is 24.1 Å². The van der Waals surface area contributed by atoms with E-state index in [9.17, 15) is 19.6 Å². The molecular weight excluding hydrogens is 442 g/mol. The van der Waals surface area contributed by atoms with Crippen LogP contribution >= 0.6 is 0 Å². The number of hydrogen-bond donors (Lipinski definition) is 3. The number of carbonyl (C=O) groups is 3. The molecule has 184 valence electrons. The Kier molecular flexibility index (Phi) is 10.7. The first-order valence-corrected chi connectivity index (χ1v) is 11.0. The predicted molar refractivity (Wildman–Crippen MR) is 123 cm³/mol. The molecule has 0 spiro atoms. The molecule has 0 aliphatic rings. The lowest BCUT2D eigenvalue weighted by Crippen LogP contribution is -2.43. The third-order valence-corrected chi connectivity index (χ3v) is 5.14. The smallest absolute Gasteiger partial charge is 0.252 e. The van der Waals surface area contributed by atoms with Crippen LogP contribution in [0.25, 0.3) is 11.1 Å². The molecule has 0 aliphatic heterocycles. The van der Waals surface area contributed by atoms with Crippen LogP contribution in [0.4, 0.5) is 0 Å². The molecule has 11 nitrogen and oxygen atoms in total. The molecule has 0 radical (unpaired) electrons. The lowest BCUT2D eigenvalue weighted by molar-refractivity contribution is -0.154. The summed E-state index contributed by atoms with van der Waals surface area (Å²) in [5.41, 5.74) is 1.65. The van der Waals surface area contributed by atoms with E-state index in [-0.39, 0.29) is 31.4 Å². The highest BCUT2D eigenvalue weighted by molar-refractivity contribution is 5.95. The molecule has 2 aromatic rings. The van der Waals surface area contributed by atoms with Crippen molar-refractivity contribution in [3.63, 3.8) is 0 Å². The van der Waals surface area contributed by atoms with Crippen molar-refractivity contribution in [1.82, 2.24) is 25.9 Å². The minimum atomic E-state index is -0.580. The second kappa shape index (κ2) is 13.7. The Balaban J connectivity index is 2.02. The molecule has 3 amide bonds. The van der Waals surface area contributed by atoms with E-state index < -0.39 is 11.8 Å². The van der Waals surface area contributed by atoms with Gasteiger partial charge in [-0.1, -0.05) is 38.3 Å². The topological polar surface area (TPSA) is 143 Å². The van der Waals surface area contributed by atoms with E-state index in [0.717, 1.165) is 19.3 Å². The molecule has 0 aliphatic carbocycles. The Morgan fingerprint density at radius 1 is 1.15 bits per heavy atom. The van der Waals surface area contributed by atoms with Crippen molar-refractivity contribution in [2.75, 3.05) is 27.4 Å². The first-order chi connectivity index (χ1) is 16.4. The van der Waals surface area contributed by atoms with Crippen LogP contribution in [0.1, 0.15) is 43.0 Å². The van der Waals surface area contributed by atoms with Crippen molar-refractivity contribution < 1.29 is 29.1 Å².